The van der Waals surface area contributed by atoms with Gasteiger partial charge in [-0.25, -0.2) is 9.78 Å². The minimum absolute atomic E-state index is 0.128. The molecule has 9 heteroatoms. The van der Waals surface area contributed by atoms with Crippen LogP contribution >= 0.6 is 11.8 Å². The van der Waals surface area contributed by atoms with Gasteiger partial charge >= 0.3 is 6.03 Å². The first-order valence-corrected chi connectivity index (χ1v) is 9.06. The maximum atomic E-state index is 12.1. The van der Waals surface area contributed by atoms with Crippen LogP contribution in [0.2, 0.25) is 0 Å². The van der Waals surface area contributed by atoms with Gasteiger partial charge in [-0.05, 0) is 31.0 Å². The van der Waals surface area contributed by atoms with Crippen molar-refractivity contribution in [2.24, 2.45) is 0 Å². The number of benzene rings is 1. The summed E-state index contributed by atoms with van der Waals surface area (Å²) < 4.78 is 0. The van der Waals surface area contributed by atoms with Crippen LogP contribution in [0.4, 0.5) is 16.2 Å². The molecule has 3 rings (SSSR count). The Hall–Kier alpha value is -2.55. The minimum atomic E-state index is -0.272. The molecule has 1 aromatic carbocycles. The third-order valence-electron chi connectivity index (χ3n) is 3.87. The number of aryl methyl sites for hydroxylation is 1. The van der Waals surface area contributed by atoms with E-state index in [0.29, 0.717) is 24.4 Å². The van der Waals surface area contributed by atoms with Crippen LogP contribution in [0, 0.1) is 6.92 Å². The lowest BCUT2D eigenvalue weighted by atomic mass is 10.1. The molecule has 1 saturated heterocycles. The molecule has 132 valence electrons. The van der Waals surface area contributed by atoms with Gasteiger partial charge in [-0.1, -0.05) is 17.8 Å². The molecule has 0 spiro atoms. The number of aromatic amines is 1. The fraction of sp³-hybridized carbons (Fsp3) is 0.375. The van der Waals surface area contributed by atoms with Crippen molar-refractivity contribution in [3.8, 4) is 0 Å². The number of anilines is 2. The largest absolute Gasteiger partial charge is 0.337 e. The Balaban J connectivity index is 1.52. The molecule has 1 fully saturated rings. The third kappa shape index (κ3) is 4.50. The number of H-pyrrole nitrogens is 1. The van der Waals surface area contributed by atoms with E-state index in [4.69, 9.17) is 0 Å². The minimum Gasteiger partial charge on any atom is -0.337 e. The summed E-state index contributed by atoms with van der Waals surface area (Å²) in [6.45, 7) is 3.15. The molecule has 0 radical (unpaired) electrons. The highest BCUT2D eigenvalue weighted by Crippen LogP contribution is 2.26. The van der Waals surface area contributed by atoms with Gasteiger partial charge in [0.15, 0.2) is 5.16 Å². The number of hydrogen-bond acceptors (Lipinski definition) is 5. The highest BCUT2D eigenvalue weighted by molar-refractivity contribution is 7.99. The van der Waals surface area contributed by atoms with Crippen molar-refractivity contribution in [2.75, 3.05) is 29.1 Å². The Bertz CT molecular complexity index is 749. The summed E-state index contributed by atoms with van der Waals surface area (Å²) >= 11 is 1.48. The van der Waals surface area contributed by atoms with Gasteiger partial charge in [-0.2, -0.15) is 5.10 Å². The molecule has 0 bridgehead atoms. The fourth-order valence-electron chi connectivity index (χ4n) is 2.58. The lowest BCUT2D eigenvalue weighted by Gasteiger charge is -2.18. The van der Waals surface area contributed by atoms with Gasteiger partial charge in [-0.3, -0.25) is 9.89 Å². The van der Waals surface area contributed by atoms with Gasteiger partial charge in [0.2, 0.25) is 5.91 Å². The van der Waals surface area contributed by atoms with Crippen molar-refractivity contribution in [2.45, 2.75) is 24.9 Å². The molecular formula is C16H20N6O2S. The quantitative estimate of drug-likeness (QED) is 0.541. The molecule has 0 aliphatic carbocycles. The first-order chi connectivity index (χ1) is 12.1. The first-order valence-electron chi connectivity index (χ1n) is 8.07. The first kappa shape index (κ1) is 17.3. The molecule has 1 aliphatic heterocycles. The maximum absolute atomic E-state index is 12.1. The summed E-state index contributed by atoms with van der Waals surface area (Å²) in [5.74, 6) is 0.813. The number of aromatic nitrogens is 3. The highest BCUT2D eigenvalue weighted by Gasteiger charge is 2.22. The van der Waals surface area contributed by atoms with Gasteiger partial charge in [0.25, 0.3) is 0 Å². The fourth-order valence-corrected chi connectivity index (χ4v) is 3.21. The monoisotopic (exact) mass is 360 g/mol. The van der Waals surface area contributed by atoms with Gasteiger partial charge < -0.3 is 15.5 Å². The predicted octanol–water partition coefficient (Wildman–Crippen LogP) is 2.15. The van der Waals surface area contributed by atoms with E-state index in [2.05, 4.69) is 25.8 Å². The number of thioether (sulfide) groups is 1. The average molecular weight is 360 g/mol. The second kappa shape index (κ2) is 8.02. The molecule has 0 saturated carbocycles. The molecule has 3 amide bonds. The lowest BCUT2D eigenvalue weighted by molar-refractivity contribution is -0.117. The lowest BCUT2D eigenvalue weighted by Crippen LogP contribution is -2.31. The number of carbonyl (C=O) groups excluding carboxylic acids is 2. The van der Waals surface area contributed by atoms with Crippen molar-refractivity contribution < 1.29 is 9.59 Å². The number of nitrogens with one attached hydrogen (secondary N) is 3. The Morgan fingerprint density at radius 3 is 3.04 bits per heavy atom. The molecule has 2 heterocycles. The third-order valence-corrected chi connectivity index (χ3v) is 4.75. The van der Waals surface area contributed by atoms with Crippen molar-refractivity contribution in [1.82, 2.24) is 20.5 Å². The SMILES string of the molecule is Cc1ccc(N2CCCC2=O)cc1NC(=O)NCCSc1ncn[nH]1. The van der Waals surface area contributed by atoms with Crippen LogP contribution in [0.25, 0.3) is 0 Å². The highest BCUT2D eigenvalue weighted by atomic mass is 32.2. The predicted molar refractivity (Wildman–Crippen MR) is 96.9 cm³/mol. The van der Waals surface area contributed by atoms with Crippen LogP contribution in [0.3, 0.4) is 0 Å². The van der Waals surface area contributed by atoms with Crippen LogP contribution in [0.15, 0.2) is 29.7 Å². The smallest absolute Gasteiger partial charge is 0.319 e. The average Bonchev–Trinajstić information content (AvgIpc) is 3.25. The molecule has 2 aromatic rings. The summed E-state index contributed by atoms with van der Waals surface area (Å²) in [6.07, 6.45) is 2.90. The van der Waals surface area contributed by atoms with Gasteiger partial charge in [0, 0.05) is 36.6 Å². The van der Waals surface area contributed by atoms with Crippen molar-refractivity contribution in [3.05, 3.63) is 30.1 Å². The summed E-state index contributed by atoms with van der Waals surface area (Å²) in [6, 6.07) is 5.40. The van der Waals surface area contributed by atoms with E-state index in [1.165, 1.54) is 18.1 Å². The summed E-state index contributed by atoms with van der Waals surface area (Å²) in [4.78, 5) is 29.7. The van der Waals surface area contributed by atoms with Gasteiger partial charge in [0.1, 0.15) is 6.33 Å². The summed E-state index contributed by atoms with van der Waals surface area (Å²) in [7, 11) is 0. The molecule has 0 unspecified atom stereocenters. The van der Waals surface area contributed by atoms with E-state index in [9.17, 15) is 9.59 Å². The molecule has 3 N–H and O–H groups in total. The van der Waals surface area contributed by atoms with Gasteiger partial charge in [0.05, 0.1) is 0 Å². The molecular weight excluding hydrogens is 340 g/mol. The van der Waals surface area contributed by atoms with Crippen molar-refractivity contribution >= 4 is 35.1 Å². The number of carbonyl (C=O) groups is 2. The Labute approximate surface area is 149 Å². The standard InChI is InChI=1S/C16H20N6O2S/c1-11-4-5-12(22-7-2-3-14(22)23)9-13(11)20-15(24)17-6-8-25-16-18-10-19-21-16/h4-5,9-10H,2-3,6-8H2,1H3,(H2,17,20,24)(H,18,19,21). The van der Waals surface area contributed by atoms with E-state index < -0.39 is 0 Å². The van der Waals surface area contributed by atoms with Crippen LogP contribution in [0.1, 0.15) is 18.4 Å². The zero-order valence-corrected chi connectivity index (χ0v) is 14.7. The van der Waals surface area contributed by atoms with E-state index in [1.807, 2.05) is 25.1 Å². The van der Waals surface area contributed by atoms with E-state index >= 15 is 0 Å². The zero-order chi connectivity index (χ0) is 17.6. The molecule has 25 heavy (non-hydrogen) atoms. The van der Waals surface area contributed by atoms with Gasteiger partial charge in [-0.15, -0.1) is 0 Å². The van der Waals surface area contributed by atoms with Crippen LogP contribution in [-0.4, -0.2) is 46.0 Å². The Morgan fingerprint density at radius 1 is 1.44 bits per heavy atom. The van der Waals surface area contributed by atoms with Crippen molar-refractivity contribution in [3.63, 3.8) is 0 Å². The van der Waals surface area contributed by atoms with Crippen LogP contribution < -0.4 is 15.5 Å². The Kier molecular flexibility index (Phi) is 5.54. The second-order valence-electron chi connectivity index (χ2n) is 5.67. The van der Waals surface area contributed by atoms with Crippen molar-refractivity contribution in [1.29, 1.82) is 0 Å². The van der Waals surface area contributed by atoms with E-state index in [0.717, 1.165) is 29.4 Å². The number of urea groups is 1. The summed E-state index contributed by atoms with van der Waals surface area (Å²) in [5.41, 5.74) is 2.48. The molecule has 8 nitrogen and oxygen atoms in total. The molecule has 0 atom stereocenters. The summed E-state index contributed by atoms with van der Waals surface area (Å²) in [5, 5.41) is 12.9. The number of nitrogens with zero attached hydrogens (tertiary/aromatic N) is 3. The molecule has 1 aliphatic rings. The Morgan fingerprint density at radius 2 is 2.32 bits per heavy atom. The molecule has 1 aromatic heterocycles. The van der Waals surface area contributed by atoms with Crippen LogP contribution in [-0.2, 0) is 4.79 Å². The van der Waals surface area contributed by atoms with E-state index in [-0.39, 0.29) is 11.9 Å². The maximum Gasteiger partial charge on any atom is 0.319 e. The number of hydrogen-bond donors (Lipinski definition) is 3. The van der Waals surface area contributed by atoms with Crippen LogP contribution in [0.5, 0.6) is 0 Å². The van der Waals surface area contributed by atoms with E-state index in [1.54, 1.807) is 4.90 Å². The normalized spacial score (nSPS) is 14.0. The second-order valence-corrected chi connectivity index (χ2v) is 6.75. The topological polar surface area (TPSA) is 103 Å². The number of rotatable bonds is 6. The zero-order valence-electron chi connectivity index (χ0n) is 13.9. The number of amides is 3.